The molecule has 3 atom stereocenters. The highest BCUT2D eigenvalue weighted by molar-refractivity contribution is 8.00. The number of benzene rings is 1. The van der Waals surface area contributed by atoms with E-state index in [0.717, 1.165) is 12.8 Å². The molecule has 2 bridgehead atoms. The van der Waals surface area contributed by atoms with Crippen LogP contribution in [0.25, 0.3) is 0 Å². The first-order valence-corrected chi connectivity index (χ1v) is 7.12. The molecule has 1 saturated carbocycles. The number of amides is 1. The zero-order valence-electron chi connectivity index (χ0n) is 10.0. The fraction of sp³-hybridized carbons (Fsp3) is 0.500. The fourth-order valence-corrected chi connectivity index (χ4v) is 4.38. The van der Waals surface area contributed by atoms with E-state index in [4.69, 9.17) is 0 Å². The summed E-state index contributed by atoms with van der Waals surface area (Å²) in [5.74, 6) is 0.684. The molecule has 1 aromatic carbocycles. The van der Waals surface area contributed by atoms with Gasteiger partial charge in [0.15, 0.2) is 0 Å². The van der Waals surface area contributed by atoms with Crippen molar-refractivity contribution in [2.24, 2.45) is 5.92 Å². The van der Waals surface area contributed by atoms with Gasteiger partial charge in [-0.25, -0.2) is 0 Å². The van der Waals surface area contributed by atoms with Gasteiger partial charge in [0.2, 0.25) is 5.91 Å². The van der Waals surface area contributed by atoms with Gasteiger partial charge in [-0.05, 0) is 31.4 Å². The van der Waals surface area contributed by atoms with Gasteiger partial charge in [0.25, 0.3) is 0 Å². The number of nitrogens with zero attached hydrogens (tertiary/aromatic N) is 1. The van der Waals surface area contributed by atoms with Crippen molar-refractivity contribution >= 4 is 17.7 Å². The van der Waals surface area contributed by atoms with Gasteiger partial charge in [-0.1, -0.05) is 18.2 Å². The molecule has 2 nitrogen and oxygen atoms in total. The quantitative estimate of drug-likeness (QED) is 0.801. The maximum absolute atomic E-state index is 11.9. The van der Waals surface area contributed by atoms with Crippen molar-refractivity contribution in [2.45, 2.75) is 35.4 Å². The average Bonchev–Trinajstić information content (AvgIpc) is 2.60. The number of rotatable bonds is 2. The lowest BCUT2D eigenvalue weighted by atomic mass is 9.90. The maximum atomic E-state index is 11.9. The van der Waals surface area contributed by atoms with Crippen LogP contribution >= 0.6 is 11.8 Å². The number of hydrogen-bond donors (Lipinski definition) is 0. The summed E-state index contributed by atoms with van der Waals surface area (Å²) in [5.41, 5.74) is 0. The molecular formula is C14H17NOS. The summed E-state index contributed by atoms with van der Waals surface area (Å²) in [6.07, 6.45) is 3.31. The van der Waals surface area contributed by atoms with E-state index >= 15 is 0 Å². The first kappa shape index (κ1) is 11.1. The zero-order valence-corrected chi connectivity index (χ0v) is 10.8. The Kier molecular flexibility index (Phi) is 2.87. The molecule has 1 saturated heterocycles. The molecule has 1 aliphatic carbocycles. The molecule has 90 valence electrons. The number of thioether (sulfide) groups is 1. The Morgan fingerprint density at radius 2 is 2.00 bits per heavy atom. The van der Waals surface area contributed by atoms with E-state index in [-0.39, 0.29) is 0 Å². The van der Waals surface area contributed by atoms with Gasteiger partial charge in [-0.15, -0.1) is 11.8 Å². The third kappa shape index (κ3) is 1.97. The summed E-state index contributed by atoms with van der Waals surface area (Å²) in [7, 11) is 1.97. The van der Waals surface area contributed by atoms with Gasteiger partial charge in [0.05, 0.1) is 0 Å². The van der Waals surface area contributed by atoms with Crippen molar-refractivity contribution < 1.29 is 4.79 Å². The summed E-state index contributed by atoms with van der Waals surface area (Å²) in [4.78, 5) is 15.2. The molecule has 1 unspecified atom stereocenters. The molecule has 1 amide bonds. The van der Waals surface area contributed by atoms with E-state index in [9.17, 15) is 4.79 Å². The highest BCUT2D eigenvalue weighted by Gasteiger charge is 2.45. The number of fused-ring (bicyclic) bond motifs is 2. The molecule has 0 N–H and O–H groups in total. The molecule has 0 radical (unpaired) electrons. The Morgan fingerprint density at radius 1 is 1.24 bits per heavy atom. The van der Waals surface area contributed by atoms with Crippen molar-refractivity contribution in [1.29, 1.82) is 0 Å². The lowest BCUT2D eigenvalue weighted by Crippen LogP contribution is -2.36. The second-order valence-electron chi connectivity index (χ2n) is 5.00. The molecule has 1 aliphatic heterocycles. The molecule has 1 aromatic rings. The van der Waals surface area contributed by atoms with E-state index in [2.05, 4.69) is 24.3 Å². The zero-order chi connectivity index (χ0) is 11.8. The Balaban J connectivity index is 1.75. The van der Waals surface area contributed by atoms with E-state index in [1.807, 2.05) is 29.8 Å². The molecule has 1 heterocycles. The van der Waals surface area contributed by atoms with Gasteiger partial charge in [-0.2, -0.15) is 0 Å². The van der Waals surface area contributed by atoms with Crippen LogP contribution in [0.1, 0.15) is 19.3 Å². The molecule has 0 aromatic heterocycles. The third-order valence-electron chi connectivity index (χ3n) is 3.98. The highest BCUT2D eigenvalue weighted by Crippen LogP contribution is 2.42. The van der Waals surface area contributed by atoms with Crippen molar-refractivity contribution in [2.75, 3.05) is 7.05 Å². The lowest BCUT2D eigenvalue weighted by Gasteiger charge is -2.30. The van der Waals surface area contributed by atoms with Gasteiger partial charge >= 0.3 is 0 Å². The van der Waals surface area contributed by atoms with Crippen LogP contribution in [0.15, 0.2) is 35.2 Å². The van der Waals surface area contributed by atoms with Crippen molar-refractivity contribution in [3.63, 3.8) is 0 Å². The predicted molar refractivity (Wildman–Crippen MR) is 70.0 cm³/mol. The first-order chi connectivity index (χ1) is 8.25. The molecule has 0 spiro atoms. The number of hydrogen-bond acceptors (Lipinski definition) is 2. The van der Waals surface area contributed by atoms with Crippen molar-refractivity contribution in [3.05, 3.63) is 30.3 Å². The standard InChI is InChI=1S/C14H17NOS/c1-15-12-9-10(14(15)16)7-8-13(12)17-11-5-3-2-4-6-11/h2-6,10,12-13H,7-9H2,1H3/t10-,12-,13?/m0/s1. The van der Waals surface area contributed by atoms with Gasteiger partial charge in [-0.3, -0.25) is 4.79 Å². The summed E-state index contributed by atoms with van der Waals surface area (Å²) < 4.78 is 0. The van der Waals surface area contributed by atoms with Crippen LogP contribution in [0.5, 0.6) is 0 Å². The van der Waals surface area contributed by atoms with Crippen molar-refractivity contribution in [3.8, 4) is 0 Å². The van der Waals surface area contributed by atoms with Crippen LogP contribution in [0.3, 0.4) is 0 Å². The van der Waals surface area contributed by atoms with Crippen molar-refractivity contribution in [1.82, 2.24) is 4.90 Å². The second kappa shape index (κ2) is 4.37. The van der Waals surface area contributed by atoms with Gasteiger partial charge in [0, 0.05) is 29.2 Å². The van der Waals surface area contributed by atoms with E-state index in [0.29, 0.717) is 23.1 Å². The normalized spacial score (nSPS) is 31.9. The van der Waals surface area contributed by atoms with Crippen LogP contribution in [-0.2, 0) is 4.79 Å². The minimum Gasteiger partial charge on any atom is -0.341 e. The second-order valence-corrected chi connectivity index (χ2v) is 6.31. The van der Waals surface area contributed by atoms with Gasteiger partial charge in [0.1, 0.15) is 0 Å². The molecule has 2 aliphatic rings. The monoisotopic (exact) mass is 247 g/mol. The minimum absolute atomic E-state index is 0.317. The molecule has 17 heavy (non-hydrogen) atoms. The van der Waals surface area contributed by atoms with Crippen LogP contribution in [0.4, 0.5) is 0 Å². The Labute approximate surface area is 106 Å². The highest BCUT2D eigenvalue weighted by atomic mass is 32.2. The minimum atomic E-state index is 0.317. The summed E-state index contributed by atoms with van der Waals surface area (Å²) in [6.45, 7) is 0. The topological polar surface area (TPSA) is 20.3 Å². The Morgan fingerprint density at radius 3 is 2.76 bits per heavy atom. The molecule has 2 fully saturated rings. The summed E-state index contributed by atoms with van der Waals surface area (Å²) in [6, 6.07) is 11.0. The Hall–Kier alpha value is -0.960. The van der Waals surface area contributed by atoms with Crippen LogP contribution in [0, 0.1) is 5.92 Å². The summed E-state index contributed by atoms with van der Waals surface area (Å²) in [5, 5.41) is 0.574. The van der Waals surface area contributed by atoms with E-state index in [1.165, 1.54) is 11.3 Å². The largest absolute Gasteiger partial charge is 0.341 e. The third-order valence-corrected chi connectivity index (χ3v) is 5.38. The molecular weight excluding hydrogens is 230 g/mol. The number of likely N-dealkylation sites (tertiary alicyclic amines) is 1. The molecule has 3 heteroatoms. The average molecular weight is 247 g/mol. The van der Waals surface area contributed by atoms with E-state index in [1.54, 1.807) is 0 Å². The SMILES string of the molecule is CN1C(=O)[C@H]2CCC(Sc3ccccc3)[C@@H]1C2. The number of carbonyl (C=O) groups excluding carboxylic acids is 1. The Bertz CT molecular complexity index is 419. The van der Waals surface area contributed by atoms with E-state index < -0.39 is 0 Å². The van der Waals surface area contributed by atoms with Crippen LogP contribution in [0.2, 0.25) is 0 Å². The maximum Gasteiger partial charge on any atom is 0.225 e. The number of carbonyl (C=O) groups is 1. The molecule has 3 rings (SSSR count). The van der Waals surface area contributed by atoms with Gasteiger partial charge < -0.3 is 4.90 Å². The lowest BCUT2D eigenvalue weighted by molar-refractivity contribution is -0.130. The first-order valence-electron chi connectivity index (χ1n) is 6.24. The predicted octanol–water partition coefficient (Wildman–Crippen LogP) is 2.79. The smallest absolute Gasteiger partial charge is 0.225 e. The van der Waals surface area contributed by atoms with Crippen LogP contribution < -0.4 is 0 Å². The summed E-state index contributed by atoms with van der Waals surface area (Å²) >= 11 is 1.94. The van der Waals surface area contributed by atoms with Crippen LogP contribution in [-0.4, -0.2) is 29.1 Å². The fourth-order valence-electron chi connectivity index (χ4n) is 3.01.